The molecule has 7 heteroatoms. The second kappa shape index (κ2) is 7.45. The van der Waals surface area contributed by atoms with E-state index < -0.39 is 5.60 Å². The van der Waals surface area contributed by atoms with Gasteiger partial charge in [-0.15, -0.1) is 0 Å². The van der Waals surface area contributed by atoms with Crippen LogP contribution in [-0.4, -0.2) is 45.0 Å². The normalized spacial score (nSPS) is 17.8. The average Bonchev–Trinajstić information content (AvgIpc) is 2.96. The van der Waals surface area contributed by atoms with Crippen LogP contribution < -0.4 is 10.1 Å². The van der Waals surface area contributed by atoms with Crippen LogP contribution in [0.15, 0.2) is 24.3 Å². The fraction of sp³-hybridized carbons (Fsp3) is 0.526. The van der Waals surface area contributed by atoms with Crippen molar-refractivity contribution in [3.8, 4) is 5.75 Å². The van der Waals surface area contributed by atoms with E-state index in [9.17, 15) is 9.90 Å². The number of nitrogens with one attached hydrogen (secondary N) is 1. The van der Waals surface area contributed by atoms with E-state index in [0.29, 0.717) is 24.6 Å². The van der Waals surface area contributed by atoms with Gasteiger partial charge in [-0.3, -0.25) is 4.79 Å². The van der Waals surface area contributed by atoms with Crippen LogP contribution in [0.4, 0.5) is 0 Å². The summed E-state index contributed by atoms with van der Waals surface area (Å²) in [5.41, 5.74) is 0.0324. The van der Waals surface area contributed by atoms with Crippen LogP contribution in [0.3, 0.4) is 0 Å². The quantitative estimate of drug-likeness (QED) is 0.819. The Bertz CT molecular complexity index is 779. The van der Waals surface area contributed by atoms with Crippen LogP contribution >= 0.6 is 0 Å². The molecule has 2 N–H and O–H groups in total. The molecular weight excluding hydrogens is 332 g/mol. The zero-order valence-corrected chi connectivity index (χ0v) is 15.5. The van der Waals surface area contributed by atoms with E-state index in [0.717, 1.165) is 24.2 Å². The van der Waals surface area contributed by atoms with Crippen molar-refractivity contribution in [3.05, 3.63) is 41.5 Å². The average molecular weight is 358 g/mol. The third-order valence-electron chi connectivity index (χ3n) is 4.42. The molecule has 0 saturated carbocycles. The summed E-state index contributed by atoms with van der Waals surface area (Å²) in [5.74, 6) is 1.67. The van der Waals surface area contributed by atoms with Crippen LogP contribution in [-0.2, 0) is 17.8 Å². The van der Waals surface area contributed by atoms with Crippen molar-refractivity contribution in [1.82, 2.24) is 20.1 Å². The van der Waals surface area contributed by atoms with Crippen LogP contribution in [0.25, 0.3) is 0 Å². The summed E-state index contributed by atoms with van der Waals surface area (Å²) in [6.45, 7) is 4.42. The van der Waals surface area contributed by atoms with Crippen molar-refractivity contribution >= 4 is 5.91 Å². The Morgan fingerprint density at radius 3 is 2.85 bits per heavy atom. The lowest BCUT2D eigenvalue weighted by atomic mass is 9.97. The molecule has 26 heavy (non-hydrogen) atoms. The van der Waals surface area contributed by atoms with Gasteiger partial charge in [0, 0.05) is 18.5 Å². The van der Waals surface area contributed by atoms with Gasteiger partial charge < -0.3 is 15.2 Å². The van der Waals surface area contributed by atoms with Gasteiger partial charge in [0.2, 0.25) is 5.91 Å². The molecule has 1 aliphatic heterocycles. The van der Waals surface area contributed by atoms with Crippen molar-refractivity contribution < 1.29 is 14.6 Å². The maximum Gasteiger partial charge on any atom is 0.230 e. The smallest absolute Gasteiger partial charge is 0.230 e. The lowest BCUT2D eigenvalue weighted by Crippen LogP contribution is -2.37. The van der Waals surface area contributed by atoms with Gasteiger partial charge in [-0.2, -0.15) is 5.10 Å². The maximum absolute atomic E-state index is 12.3. The molecule has 1 unspecified atom stereocenters. The minimum Gasteiger partial charge on any atom is -0.496 e. The first-order valence-electron chi connectivity index (χ1n) is 8.93. The summed E-state index contributed by atoms with van der Waals surface area (Å²) >= 11 is 0. The van der Waals surface area contributed by atoms with E-state index in [2.05, 4.69) is 15.4 Å². The van der Waals surface area contributed by atoms with E-state index in [4.69, 9.17) is 4.74 Å². The largest absolute Gasteiger partial charge is 0.496 e. The fourth-order valence-electron chi connectivity index (χ4n) is 3.26. The summed E-state index contributed by atoms with van der Waals surface area (Å²) in [7, 11) is 1.64. The Hall–Kier alpha value is -2.41. The van der Waals surface area contributed by atoms with E-state index in [1.807, 2.05) is 24.3 Å². The first-order valence-corrected chi connectivity index (χ1v) is 8.93. The minimum atomic E-state index is -0.949. The number of carbonyl (C=O) groups is 1. The van der Waals surface area contributed by atoms with Gasteiger partial charge in [0.05, 0.1) is 25.2 Å². The molecule has 0 radical (unpaired) electrons. The van der Waals surface area contributed by atoms with Crippen molar-refractivity contribution in [2.24, 2.45) is 0 Å². The van der Waals surface area contributed by atoms with Crippen molar-refractivity contribution in [3.63, 3.8) is 0 Å². The van der Waals surface area contributed by atoms with E-state index in [1.165, 1.54) is 0 Å². The molecule has 140 valence electrons. The first kappa shape index (κ1) is 18.4. The molecular formula is C19H26N4O3. The summed E-state index contributed by atoms with van der Waals surface area (Å²) in [6, 6.07) is 7.74. The van der Waals surface area contributed by atoms with E-state index in [1.54, 1.807) is 25.6 Å². The van der Waals surface area contributed by atoms with Gasteiger partial charge in [-0.05, 0) is 32.8 Å². The number of benzene rings is 1. The van der Waals surface area contributed by atoms with Gasteiger partial charge in [0.25, 0.3) is 0 Å². The molecule has 1 fully saturated rings. The van der Waals surface area contributed by atoms with Gasteiger partial charge in [0.1, 0.15) is 11.6 Å². The maximum atomic E-state index is 12.3. The SMILES string of the molecule is COc1ccccc1Cc1nc(C2CCCNC2=O)n(CC(C)(C)O)n1. The number of aromatic nitrogens is 3. The Morgan fingerprint density at radius 1 is 1.38 bits per heavy atom. The van der Waals surface area contributed by atoms with E-state index in [-0.39, 0.29) is 18.4 Å². The highest BCUT2D eigenvalue weighted by Crippen LogP contribution is 2.26. The summed E-state index contributed by atoms with van der Waals surface area (Å²) in [5, 5.41) is 17.7. The molecule has 2 heterocycles. The highest BCUT2D eigenvalue weighted by molar-refractivity contribution is 5.83. The zero-order valence-electron chi connectivity index (χ0n) is 15.5. The van der Waals surface area contributed by atoms with Crippen LogP contribution in [0.1, 0.15) is 49.8 Å². The van der Waals surface area contributed by atoms with Crippen LogP contribution in [0, 0.1) is 0 Å². The number of carbonyl (C=O) groups excluding carboxylic acids is 1. The number of hydrogen-bond acceptors (Lipinski definition) is 5. The third kappa shape index (κ3) is 4.22. The Morgan fingerprint density at radius 2 is 2.15 bits per heavy atom. The second-order valence-electron chi connectivity index (χ2n) is 7.33. The molecule has 1 aliphatic rings. The minimum absolute atomic E-state index is 0.0236. The summed E-state index contributed by atoms with van der Waals surface area (Å²) in [4.78, 5) is 17.0. The summed E-state index contributed by atoms with van der Waals surface area (Å²) in [6.07, 6.45) is 2.16. The molecule has 1 aromatic heterocycles. The molecule has 0 aliphatic carbocycles. The highest BCUT2D eigenvalue weighted by atomic mass is 16.5. The lowest BCUT2D eigenvalue weighted by Gasteiger charge is -2.23. The fourth-order valence-corrected chi connectivity index (χ4v) is 3.26. The number of para-hydroxylation sites is 1. The monoisotopic (exact) mass is 358 g/mol. The molecule has 1 atom stereocenters. The van der Waals surface area contributed by atoms with Gasteiger partial charge >= 0.3 is 0 Å². The molecule has 7 nitrogen and oxygen atoms in total. The van der Waals surface area contributed by atoms with E-state index >= 15 is 0 Å². The number of nitrogens with zero attached hydrogens (tertiary/aromatic N) is 3. The third-order valence-corrected chi connectivity index (χ3v) is 4.42. The van der Waals surface area contributed by atoms with Crippen molar-refractivity contribution in [1.29, 1.82) is 0 Å². The predicted molar refractivity (Wildman–Crippen MR) is 97.1 cm³/mol. The van der Waals surface area contributed by atoms with Gasteiger partial charge in [-0.1, -0.05) is 18.2 Å². The first-order chi connectivity index (χ1) is 12.4. The predicted octanol–water partition coefficient (Wildman–Crippen LogP) is 1.64. The highest BCUT2D eigenvalue weighted by Gasteiger charge is 2.31. The lowest BCUT2D eigenvalue weighted by molar-refractivity contribution is -0.124. The molecule has 2 aromatic rings. The Balaban J connectivity index is 1.94. The van der Waals surface area contributed by atoms with Crippen LogP contribution in [0.2, 0.25) is 0 Å². The molecule has 1 saturated heterocycles. The zero-order chi connectivity index (χ0) is 18.7. The van der Waals surface area contributed by atoms with Gasteiger partial charge in [-0.25, -0.2) is 9.67 Å². The molecule has 0 bridgehead atoms. The van der Waals surface area contributed by atoms with Crippen molar-refractivity contribution in [2.75, 3.05) is 13.7 Å². The standard InChI is InChI=1S/C19H26N4O3/c1-19(2,25)12-23-17(14-8-6-10-20-18(14)24)21-16(22-23)11-13-7-4-5-9-15(13)26-3/h4-5,7,9,14,25H,6,8,10-12H2,1-3H3,(H,20,24). The molecule has 3 rings (SSSR count). The number of aliphatic hydroxyl groups is 1. The summed E-state index contributed by atoms with van der Waals surface area (Å²) < 4.78 is 7.08. The Labute approximate surface area is 153 Å². The number of methoxy groups -OCH3 is 1. The number of ether oxygens (including phenoxy) is 1. The molecule has 1 amide bonds. The van der Waals surface area contributed by atoms with Crippen molar-refractivity contribution in [2.45, 2.75) is 51.2 Å². The second-order valence-corrected chi connectivity index (χ2v) is 7.33. The topological polar surface area (TPSA) is 89.3 Å². The van der Waals surface area contributed by atoms with Gasteiger partial charge in [0.15, 0.2) is 5.82 Å². The molecule has 0 spiro atoms. The molecule has 1 aromatic carbocycles. The number of hydrogen-bond donors (Lipinski definition) is 2. The number of amides is 1. The number of rotatable bonds is 6. The van der Waals surface area contributed by atoms with Crippen LogP contribution in [0.5, 0.6) is 5.75 Å². The number of piperidine rings is 1. The Kier molecular flexibility index (Phi) is 5.27.